The molecule has 0 aliphatic carbocycles. The lowest BCUT2D eigenvalue weighted by Gasteiger charge is -2.25. The summed E-state index contributed by atoms with van der Waals surface area (Å²) in [4.78, 5) is 2.22. The molecular formula is C27H21N3O. The number of aromatic nitrogens is 2. The van der Waals surface area contributed by atoms with Crippen LogP contribution >= 0.6 is 0 Å². The molecule has 1 aromatic heterocycles. The maximum Gasteiger partial charge on any atom is 0.248 e. The second kappa shape index (κ2) is 8.28. The van der Waals surface area contributed by atoms with Gasteiger partial charge in [0, 0.05) is 28.2 Å². The highest BCUT2D eigenvalue weighted by Crippen LogP contribution is 2.35. The summed E-state index contributed by atoms with van der Waals surface area (Å²) in [7, 11) is 0. The Balaban J connectivity index is 1.47. The first-order valence-electron chi connectivity index (χ1n) is 10.2. The molecule has 0 atom stereocenters. The van der Waals surface area contributed by atoms with E-state index in [1.165, 1.54) is 5.56 Å². The second-order valence-corrected chi connectivity index (χ2v) is 7.33. The first-order chi connectivity index (χ1) is 15.3. The average Bonchev–Trinajstić information content (AvgIpc) is 3.32. The monoisotopic (exact) mass is 403 g/mol. The van der Waals surface area contributed by atoms with Crippen LogP contribution in [0, 0.1) is 6.92 Å². The molecule has 0 saturated heterocycles. The lowest BCUT2D eigenvalue weighted by atomic mass is 10.1. The smallest absolute Gasteiger partial charge is 0.248 e. The molecule has 4 heteroatoms. The van der Waals surface area contributed by atoms with Crippen LogP contribution in [0.1, 0.15) is 5.56 Å². The normalized spacial score (nSPS) is 10.7. The number of benzene rings is 4. The topological polar surface area (TPSA) is 42.2 Å². The van der Waals surface area contributed by atoms with E-state index in [1.807, 2.05) is 72.8 Å². The van der Waals surface area contributed by atoms with Gasteiger partial charge in [0.25, 0.3) is 0 Å². The standard InChI is InChI=1S/C27H21N3O/c1-20-12-14-21(15-13-20)26-28-29-27(31-26)22-16-18-25(19-17-22)30(23-8-4-2-5-9-23)24-10-6-3-7-11-24/h2-19H,1H3. The Morgan fingerprint density at radius 1 is 0.516 bits per heavy atom. The van der Waals surface area contributed by atoms with E-state index < -0.39 is 0 Å². The van der Waals surface area contributed by atoms with Crippen LogP contribution in [0.2, 0.25) is 0 Å². The van der Waals surface area contributed by atoms with Crippen molar-refractivity contribution >= 4 is 17.1 Å². The van der Waals surface area contributed by atoms with Crippen LogP contribution in [-0.4, -0.2) is 10.2 Å². The van der Waals surface area contributed by atoms with Crippen molar-refractivity contribution in [2.45, 2.75) is 6.92 Å². The zero-order chi connectivity index (χ0) is 21.0. The van der Waals surface area contributed by atoms with Crippen molar-refractivity contribution in [3.63, 3.8) is 0 Å². The van der Waals surface area contributed by atoms with Crippen molar-refractivity contribution < 1.29 is 4.42 Å². The first-order valence-corrected chi connectivity index (χ1v) is 10.2. The van der Waals surface area contributed by atoms with Gasteiger partial charge in [-0.2, -0.15) is 0 Å². The van der Waals surface area contributed by atoms with Gasteiger partial charge < -0.3 is 9.32 Å². The number of aryl methyl sites for hydroxylation is 1. The summed E-state index contributed by atoms with van der Waals surface area (Å²) < 4.78 is 5.93. The van der Waals surface area contributed by atoms with Gasteiger partial charge in [-0.15, -0.1) is 10.2 Å². The molecule has 0 N–H and O–H groups in total. The minimum Gasteiger partial charge on any atom is -0.416 e. The summed E-state index contributed by atoms with van der Waals surface area (Å²) in [5.74, 6) is 1.03. The second-order valence-electron chi connectivity index (χ2n) is 7.33. The van der Waals surface area contributed by atoms with Crippen LogP contribution in [0.3, 0.4) is 0 Å². The summed E-state index contributed by atoms with van der Waals surface area (Å²) in [6, 6.07) is 36.9. The molecular weight excluding hydrogens is 382 g/mol. The first kappa shape index (κ1) is 18.8. The van der Waals surface area contributed by atoms with E-state index in [-0.39, 0.29) is 0 Å². The molecule has 0 bridgehead atoms. The van der Waals surface area contributed by atoms with Crippen molar-refractivity contribution in [3.05, 3.63) is 115 Å². The maximum atomic E-state index is 5.93. The summed E-state index contributed by atoms with van der Waals surface area (Å²) in [6.07, 6.45) is 0. The Bertz CT molecular complexity index is 1220. The third-order valence-corrected chi connectivity index (χ3v) is 5.12. The highest BCUT2D eigenvalue weighted by Gasteiger charge is 2.14. The minimum absolute atomic E-state index is 0.507. The molecule has 4 nitrogen and oxygen atoms in total. The molecule has 1 heterocycles. The molecule has 0 unspecified atom stereocenters. The van der Waals surface area contributed by atoms with E-state index in [0.717, 1.165) is 28.2 Å². The number of anilines is 3. The van der Waals surface area contributed by atoms with Gasteiger partial charge in [0.15, 0.2) is 0 Å². The molecule has 0 aliphatic heterocycles. The van der Waals surface area contributed by atoms with Gasteiger partial charge in [0.05, 0.1) is 0 Å². The van der Waals surface area contributed by atoms with Crippen LogP contribution < -0.4 is 4.90 Å². The molecule has 31 heavy (non-hydrogen) atoms. The quantitative estimate of drug-likeness (QED) is 0.312. The maximum absolute atomic E-state index is 5.93. The largest absolute Gasteiger partial charge is 0.416 e. The fourth-order valence-electron chi connectivity index (χ4n) is 3.51. The van der Waals surface area contributed by atoms with E-state index in [9.17, 15) is 0 Å². The predicted molar refractivity (Wildman–Crippen MR) is 125 cm³/mol. The SMILES string of the molecule is Cc1ccc(-c2nnc(-c3ccc(N(c4ccccc4)c4ccccc4)cc3)o2)cc1. The Hall–Kier alpha value is -4.18. The lowest BCUT2D eigenvalue weighted by molar-refractivity contribution is 0.584. The van der Waals surface area contributed by atoms with Gasteiger partial charge >= 0.3 is 0 Å². The van der Waals surface area contributed by atoms with Crippen molar-refractivity contribution in [1.82, 2.24) is 10.2 Å². The number of rotatable bonds is 5. The van der Waals surface area contributed by atoms with Crippen molar-refractivity contribution in [1.29, 1.82) is 0 Å². The zero-order valence-corrected chi connectivity index (χ0v) is 17.1. The summed E-state index contributed by atoms with van der Waals surface area (Å²) in [6.45, 7) is 2.05. The van der Waals surface area contributed by atoms with Crippen molar-refractivity contribution in [2.75, 3.05) is 4.90 Å². The van der Waals surface area contributed by atoms with Crippen molar-refractivity contribution in [3.8, 4) is 22.9 Å². The van der Waals surface area contributed by atoms with Crippen molar-refractivity contribution in [2.24, 2.45) is 0 Å². The predicted octanol–water partition coefficient (Wildman–Crippen LogP) is 7.18. The molecule has 0 spiro atoms. The highest BCUT2D eigenvalue weighted by molar-refractivity contribution is 5.77. The van der Waals surface area contributed by atoms with Crippen LogP contribution in [-0.2, 0) is 0 Å². The number of hydrogen-bond donors (Lipinski definition) is 0. The molecule has 0 aliphatic rings. The fourth-order valence-corrected chi connectivity index (χ4v) is 3.51. The molecule has 5 aromatic rings. The Morgan fingerprint density at radius 3 is 1.42 bits per heavy atom. The molecule has 0 amide bonds. The fraction of sp³-hybridized carbons (Fsp3) is 0.0370. The highest BCUT2D eigenvalue weighted by atomic mass is 16.4. The van der Waals surface area contributed by atoms with Gasteiger partial charge in [-0.25, -0.2) is 0 Å². The van der Waals surface area contributed by atoms with E-state index in [2.05, 4.69) is 58.4 Å². The summed E-state index contributed by atoms with van der Waals surface area (Å²) in [5.41, 5.74) is 6.25. The van der Waals surface area contributed by atoms with Gasteiger partial charge in [-0.3, -0.25) is 0 Å². The van der Waals surface area contributed by atoms with Crippen LogP contribution in [0.25, 0.3) is 22.9 Å². The van der Waals surface area contributed by atoms with Crippen LogP contribution in [0.5, 0.6) is 0 Å². The lowest BCUT2D eigenvalue weighted by Crippen LogP contribution is -2.09. The van der Waals surface area contributed by atoms with Gasteiger partial charge in [0.1, 0.15) is 0 Å². The van der Waals surface area contributed by atoms with Crippen LogP contribution in [0.15, 0.2) is 114 Å². The Labute approximate surface area is 181 Å². The van der Waals surface area contributed by atoms with E-state index >= 15 is 0 Å². The zero-order valence-electron chi connectivity index (χ0n) is 17.1. The molecule has 0 saturated carbocycles. The number of hydrogen-bond acceptors (Lipinski definition) is 4. The molecule has 4 aromatic carbocycles. The average molecular weight is 403 g/mol. The number of nitrogens with zero attached hydrogens (tertiary/aromatic N) is 3. The molecule has 150 valence electrons. The van der Waals surface area contributed by atoms with E-state index in [1.54, 1.807) is 0 Å². The molecule has 0 fully saturated rings. The third-order valence-electron chi connectivity index (χ3n) is 5.12. The molecule has 0 radical (unpaired) electrons. The number of para-hydroxylation sites is 2. The van der Waals surface area contributed by atoms with E-state index in [4.69, 9.17) is 4.42 Å². The Kier molecular flexibility index (Phi) is 5.03. The summed E-state index contributed by atoms with van der Waals surface area (Å²) in [5, 5.41) is 8.46. The minimum atomic E-state index is 0.507. The third kappa shape index (κ3) is 3.96. The molecule has 5 rings (SSSR count). The summed E-state index contributed by atoms with van der Waals surface area (Å²) >= 11 is 0. The van der Waals surface area contributed by atoms with Gasteiger partial charge in [-0.05, 0) is 67.6 Å². The van der Waals surface area contributed by atoms with Gasteiger partial charge in [0.2, 0.25) is 11.8 Å². The van der Waals surface area contributed by atoms with E-state index in [0.29, 0.717) is 11.8 Å². The Morgan fingerprint density at radius 2 is 0.935 bits per heavy atom. The van der Waals surface area contributed by atoms with Gasteiger partial charge in [-0.1, -0.05) is 54.1 Å². The van der Waals surface area contributed by atoms with Crippen LogP contribution in [0.4, 0.5) is 17.1 Å².